The third-order valence-electron chi connectivity index (χ3n) is 3.32. The first-order valence-electron chi connectivity index (χ1n) is 6.96. The standard InChI is InChI=1S/C15H23FN2O/c1-12(2)17-10-13-3-4-15(16)14(9-13)11-18-5-7-19-8-6-18/h3-4,9,12,17H,5-8,10-11H2,1-2H3. The van der Waals surface area contributed by atoms with E-state index in [0.29, 0.717) is 12.6 Å². The maximum Gasteiger partial charge on any atom is 0.127 e. The van der Waals surface area contributed by atoms with Crippen LogP contribution in [-0.4, -0.2) is 37.2 Å². The Morgan fingerprint density at radius 3 is 2.74 bits per heavy atom. The monoisotopic (exact) mass is 266 g/mol. The molecular formula is C15H23FN2O. The number of halogens is 1. The summed E-state index contributed by atoms with van der Waals surface area (Å²) in [5, 5.41) is 3.36. The van der Waals surface area contributed by atoms with E-state index in [9.17, 15) is 4.39 Å². The molecule has 1 fully saturated rings. The van der Waals surface area contributed by atoms with E-state index in [1.807, 2.05) is 12.1 Å². The second-order valence-corrected chi connectivity index (χ2v) is 5.35. The van der Waals surface area contributed by atoms with E-state index < -0.39 is 0 Å². The second-order valence-electron chi connectivity index (χ2n) is 5.35. The van der Waals surface area contributed by atoms with Gasteiger partial charge in [0.15, 0.2) is 0 Å². The van der Waals surface area contributed by atoms with Crippen molar-refractivity contribution >= 4 is 0 Å². The van der Waals surface area contributed by atoms with E-state index in [1.165, 1.54) is 0 Å². The molecule has 1 aliphatic heterocycles. The molecule has 1 aliphatic rings. The third-order valence-corrected chi connectivity index (χ3v) is 3.32. The summed E-state index contributed by atoms with van der Waals surface area (Å²) in [5.41, 5.74) is 1.92. The number of benzene rings is 1. The van der Waals surface area contributed by atoms with Crippen LogP contribution in [0.1, 0.15) is 25.0 Å². The Bertz CT molecular complexity index is 403. The normalized spacial score (nSPS) is 17.1. The van der Waals surface area contributed by atoms with Crippen molar-refractivity contribution in [3.8, 4) is 0 Å². The van der Waals surface area contributed by atoms with Crippen molar-refractivity contribution < 1.29 is 9.13 Å². The molecule has 1 heterocycles. The molecule has 19 heavy (non-hydrogen) atoms. The van der Waals surface area contributed by atoms with E-state index in [4.69, 9.17) is 4.74 Å². The molecule has 0 amide bonds. The van der Waals surface area contributed by atoms with Gasteiger partial charge in [0, 0.05) is 37.8 Å². The van der Waals surface area contributed by atoms with Gasteiger partial charge in [-0.25, -0.2) is 4.39 Å². The van der Waals surface area contributed by atoms with Crippen LogP contribution in [0.4, 0.5) is 4.39 Å². The SMILES string of the molecule is CC(C)NCc1ccc(F)c(CN2CCOCC2)c1. The Kier molecular flexibility index (Phi) is 5.31. The van der Waals surface area contributed by atoms with Crippen molar-refractivity contribution in [1.82, 2.24) is 10.2 Å². The highest BCUT2D eigenvalue weighted by Gasteiger charge is 2.13. The molecule has 0 aromatic heterocycles. The number of nitrogens with one attached hydrogen (secondary N) is 1. The van der Waals surface area contributed by atoms with E-state index in [0.717, 1.165) is 44.0 Å². The summed E-state index contributed by atoms with van der Waals surface area (Å²) >= 11 is 0. The van der Waals surface area contributed by atoms with Crippen LogP contribution >= 0.6 is 0 Å². The molecule has 0 bridgehead atoms. The average Bonchev–Trinajstić information content (AvgIpc) is 2.41. The first-order valence-corrected chi connectivity index (χ1v) is 6.96. The lowest BCUT2D eigenvalue weighted by Gasteiger charge is -2.26. The zero-order chi connectivity index (χ0) is 13.7. The highest BCUT2D eigenvalue weighted by molar-refractivity contribution is 5.25. The lowest BCUT2D eigenvalue weighted by molar-refractivity contribution is 0.0337. The van der Waals surface area contributed by atoms with Gasteiger partial charge in [0.25, 0.3) is 0 Å². The average molecular weight is 266 g/mol. The fraction of sp³-hybridized carbons (Fsp3) is 0.600. The van der Waals surface area contributed by atoms with Gasteiger partial charge in [-0.15, -0.1) is 0 Å². The highest BCUT2D eigenvalue weighted by atomic mass is 19.1. The van der Waals surface area contributed by atoms with Crippen molar-refractivity contribution in [3.63, 3.8) is 0 Å². The van der Waals surface area contributed by atoms with Crippen LogP contribution in [0.2, 0.25) is 0 Å². The summed E-state index contributed by atoms with van der Waals surface area (Å²) in [6.07, 6.45) is 0. The first kappa shape index (κ1) is 14.4. The van der Waals surface area contributed by atoms with E-state index >= 15 is 0 Å². The maximum absolute atomic E-state index is 13.8. The van der Waals surface area contributed by atoms with Gasteiger partial charge in [-0.05, 0) is 11.6 Å². The van der Waals surface area contributed by atoms with Gasteiger partial charge in [-0.1, -0.05) is 26.0 Å². The predicted molar refractivity (Wildman–Crippen MR) is 74.5 cm³/mol. The van der Waals surface area contributed by atoms with E-state index in [2.05, 4.69) is 24.1 Å². The molecule has 2 rings (SSSR count). The zero-order valence-electron chi connectivity index (χ0n) is 11.8. The fourth-order valence-corrected chi connectivity index (χ4v) is 2.18. The number of rotatable bonds is 5. The molecule has 1 aromatic carbocycles. The van der Waals surface area contributed by atoms with Gasteiger partial charge in [0.2, 0.25) is 0 Å². The molecule has 1 N–H and O–H groups in total. The Balaban J connectivity index is 1.99. The summed E-state index contributed by atoms with van der Waals surface area (Å²) in [7, 11) is 0. The minimum atomic E-state index is -0.111. The Morgan fingerprint density at radius 2 is 2.05 bits per heavy atom. The minimum Gasteiger partial charge on any atom is -0.379 e. The topological polar surface area (TPSA) is 24.5 Å². The Morgan fingerprint density at radius 1 is 1.32 bits per heavy atom. The Hall–Kier alpha value is -0.970. The molecule has 0 radical (unpaired) electrons. The van der Waals surface area contributed by atoms with Crippen LogP contribution in [0.15, 0.2) is 18.2 Å². The molecule has 0 saturated carbocycles. The smallest absolute Gasteiger partial charge is 0.127 e. The number of hydrogen-bond acceptors (Lipinski definition) is 3. The predicted octanol–water partition coefficient (Wildman–Crippen LogP) is 2.16. The van der Waals surface area contributed by atoms with Gasteiger partial charge >= 0.3 is 0 Å². The highest BCUT2D eigenvalue weighted by Crippen LogP contribution is 2.14. The van der Waals surface area contributed by atoms with E-state index in [-0.39, 0.29) is 5.82 Å². The van der Waals surface area contributed by atoms with Gasteiger partial charge < -0.3 is 10.1 Å². The fourth-order valence-electron chi connectivity index (χ4n) is 2.18. The van der Waals surface area contributed by atoms with E-state index in [1.54, 1.807) is 6.07 Å². The second kappa shape index (κ2) is 6.98. The van der Waals surface area contributed by atoms with Crippen LogP contribution in [0.3, 0.4) is 0 Å². The minimum absolute atomic E-state index is 0.111. The molecule has 1 aromatic rings. The van der Waals surface area contributed by atoms with Gasteiger partial charge in [-0.2, -0.15) is 0 Å². The van der Waals surface area contributed by atoms with Crippen molar-refractivity contribution in [2.75, 3.05) is 26.3 Å². The summed E-state index contributed by atoms with van der Waals surface area (Å²) in [4.78, 5) is 2.24. The number of nitrogens with zero attached hydrogens (tertiary/aromatic N) is 1. The molecule has 1 saturated heterocycles. The maximum atomic E-state index is 13.8. The van der Waals surface area contributed by atoms with Crippen molar-refractivity contribution in [2.45, 2.75) is 33.0 Å². The van der Waals surface area contributed by atoms with Gasteiger partial charge in [0.05, 0.1) is 13.2 Å². The van der Waals surface area contributed by atoms with Gasteiger partial charge in [-0.3, -0.25) is 4.90 Å². The third kappa shape index (κ3) is 4.56. The molecule has 0 aliphatic carbocycles. The quantitative estimate of drug-likeness (QED) is 0.884. The van der Waals surface area contributed by atoms with Crippen LogP contribution in [-0.2, 0) is 17.8 Å². The zero-order valence-corrected chi connectivity index (χ0v) is 11.8. The largest absolute Gasteiger partial charge is 0.379 e. The molecular weight excluding hydrogens is 243 g/mol. The van der Waals surface area contributed by atoms with Crippen LogP contribution in [0, 0.1) is 5.82 Å². The number of morpholine rings is 1. The molecule has 106 valence electrons. The van der Waals surface area contributed by atoms with Crippen LogP contribution in [0.25, 0.3) is 0 Å². The van der Waals surface area contributed by atoms with Crippen LogP contribution < -0.4 is 5.32 Å². The van der Waals surface area contributed by atoms with Crippen molar-refractivity contribution in [1.29, 1.82) is 0 Å². The number of hydrogen-bond donors (Lipinski definition) is 1. The van der Waals surface area contributed by atoms with Crippen LogP contribution in [0.5, 0.6) is 0 Å². The van der Waals surface area contributed by atoms with Gasteiger partial charge in [0.1, 0.15) is 5.82 Å². The molecule has 3 nitrogen and oxygen atoms in total. The molecule has 4 heteroatoms. The van der Waals surface area contributed by atoms with Crippen molar-refractivity contribution in [2.24, 2.45) is 0 Å². The van der Waals surface area contributed by atoms with Crippen molar-refractivity contribution in [3.05, 3.63) is 35.1 Å². The number of ether oxygens (including phenoxy) is 1. The summed E-state index contributed by atoms with van der Waals surface area (Å²) in [6, 6.07) is 5.84. The molecule has 0 unspecified atom stereocenters. The first-order chi connectivity index (χ1) is 9.15. The molecule has 0 atom stereocenters. The lowest BCUT2D eigenvalue weighted by atomic mass is 10.1. The Labute approximate surface area is 114 Å². The lowest BCUT2D eigenvalue weighted by Crippen LogP contribution is -2.35. The summed E-state index contributed by atoms with van der Waals surface area (Å²) in [6.45, 7) is 8.93. The summed E-state index contributed by atoms with van der Waals surface area (Å²) < 4.78 is 19.2. The summed E-state index contributed by atoms with van der Waals surface area (Å²) in [5.74, 6) is -0.111. The molecule has 0 spiro atoms.